The van der Waals surface area contributed by atoms with Gasteiger partial charge in [-0.05, 0) is 30.7 Å². The highest BCUT2D eigenvalue weighted by Gasteiger charge is 2.20. The molecule has 0 bridgehead atoms. The molecule has 8 heteroatoms. The van der Waals surface area contributed by atoms with Gasteiger partial charge in [-0.2, -0.15) is 4.98 Å². The molecule has 3 N–H and O–H groups in total. The lowest BCUT2D eigenvalue weighted by molar-refractivity contribution is 0.100. The van der Waals surface area contributed by atoms with Gasteiger partial charge in [-0.15, -0.1) is 0 Å². The molecule has 5 rings (SSSR count). The van der Waals surface area contributed by atoms with Gasteiger partial charge in [-0.1, -0.05) is 36.4 Å². The number of ether oxygens (including phenoxy) is 1. The number of aryl methyl sites for hydroxylation is 1. The van der Waals surface area contributed by atoms with Crippen LogP contribution in [0.5, 0.6) is 0 Å². The summed E-state index contributed by atoms with van der Waals surface area (Å²) in [5.41, 5.74) is 9.96. The van der Waals surface area contributed by atoms with Gasteiger partial charge in [0, 0.05) is 36.3 Å². The van der Waals surface area contributed by atoms with E-state index in [1.807, 2.05) is 54.1 Å². The molecule has 1 aliphatic rings. The quantitative estimate of drug-likeness (QED) is 0.476. The molecule has 2 aromatic heterocycles. The van der Waals surface area contributed by atoms with E-state index in [2.05, 4.69) is 22.3 Å². The van der Waals surface area contributed by atoms with Crippen LogP contribution in [-0.2, 0) is 11.3 Å². The Morgan fingerprint density at radius 2 is 1.91 bits per heavy atom. The first-order valence-corrected chi connectivity index (χ1v) is 11.0. The number of carbonyl (C=O) groups is 1. The fraction of sp³-hybridized carbons (Fsp3) is 0.240. The van der Waals surface area contributed by atoms with Crippen molar-refractivity contribution in [1.82, 2.24) is 14.5 Å². The molecule has 33 heavy (non-hydrogen) atoms. The second kappa shape index (κ2) is 8.91. The number of hydrogen-bond acceptors (Lipinski definition) is 6. The van der Waals surface area contributed by atoms with Crippen LogP contribution in [0.3, 0.4) is 0 Å². The third-order valence-electron chi connectivity index (χ3n) is 5.91. The third-order valence-corrected chi connectivity index (χ3v) is 5.91. The summed E-state index contributed by atoms with van der Waals surface area (Å²) in [6, 6.07) is 17.7. The lowest BCUT2D eigenvalue weighted by Crippen LogP contribution is -2.37. The molecule has 0 saturated carbocycles. The minimum Gasteiger partial charge on any atom is -0.378 e. The van der Waals surface area contributed by atoms with E-state index in [1.165, 1.54) is 5.56 Å². The number of carbonyl (C=O) groups excluding carboxylic acids is 1. The van der Waals surface area contributed by atoms with Crippen LogP contribution in [0.15, 0.2) is 60.8 Å². The van der Waals surface area contributed by atoms with E-state index in [9.17, 15) is 4.79 Å². The van der Waals surface area contributed by atoms with Crippen LogP contribution >= 0.6 is 0 Å². The van der Waals surface area contributed by atoms with Crippen molar-refractivity contribution in [2.24, 2.45) is 5.73 Å². The molecular weight excluding hydrogens is 416 g/mol. The Bertz CT molecular complexity index is 1300. The largest absolute Gasteiger partial charge is 0.378 e. The van der Waals surface area contributed by atoms with E-state index in [0.29, 0.717) is 31.3 Å². The van der Waals surface area contributed by atoms with Crippen molar-refractivity contribution in [3.63, 3.8) is 0 Å². The number of rotatable bonds is 6. The van der Waals surface area contributed by atoms with Crippen molar-refractivity contribution in [2.45, 2.75) is 13.5 Å². The number of benzene rings is 2. The molecule has 0 aliphatic carbocycles. The molecule has 1 amide bonds. The summed E-state index contributed by atoms with van der Waals surface area (Å²) < 4.78 is 7.48. The average Bonchev–Trinajstić information content (AvgIpc) is 3.19. The summed E-state index contributed by atoms with van der Waals surface area (Å²) >= 11 is 0. The highest BCUT2D eigenvalue weighted by atomic mass is 16.5. The first kappa shape index (κ1) is 21.0. The number of nitrogens with zero attached hydrogens (tertiary/aromatic N) is 4. The van der Waals surface area contributed by atoms with Crippen LogP contribution in [0.4, 0.5) is 11.5 Å². The molecule has 1 fully saturated rings. The molecule has 3 heterocycles. The molecule has 8 nitrogen and oxygen atoms in total. The summed E-state index contributed by atoms with van der Waals surface area (Å²) in [5, 5.41) is 4.30. The van der Waals surface area contributed by atoms with E-state index in [-0.39, 0.29) is 0 Å². The zero-order chi connectivity index (χ0) is 22.8. The van der Waals surface area contributed by atoms with Crippen molar-refractivity contribution in [2.75, 3.05) is 36.5 Å². The second-order valence-corrected chi connectivity index (χ2v) is 8.07. The first-order chi connectivity index (χ1) is 16.1. The minimum absolute atomic E-state index is 0.452. The molecule has 168 valence electrons. The lowest BCUT2D eigenvalue weighted by Gasteiger charge is -2.30. The Morgan fingerprint density at radius 3 is 2.67 bits per heavy atom. The number of fused-ring (bicyclic) bond motifs is 1. The fourth-order valence-electron chi connectivity index (χ4n) is 4.26. The van der Waals surface area contributed by atoms with Gasteiger partial charge in [0.2, 0.25) is 11.9 Å². The van der Waals surface area contributed by atoms with Crippen LogP contribution in [0, 0.1) is 6.92 Å². The van der Waals surface area contributed by atoms with Crippen LogP contribution in [0.25, 0.3) is 16.9 Å². The van der Waals surface area contributed by atoms with E-state index in [0.717, 1.165) is 41.2 Å². The SMILES string of the molecule is Cc1cc2c(C(N)=O)cccc2n1-c1ncc(N2CCOCC2)c(NCc2ccccc2)n1. The Kier molecular flexibility index (Phi) is 5.66. The van der Waals surface area contributed by atoms with Gasteiger partial charge >= 0.3 is 0 Å². The zero-order valence-electron chi connectivity index (χ0n) is 18.5. The molecular formula is C25H26N6O2. The number of nitrogens with one attached hydrogen (secondary N) is 1. The highest BCUT2D eigenvalue weighted by molar-refractivity contribution is 6.06. The predicted molar refractivity (Wildman–Crippen MR) is 129 cm³/mol. The minimum atomic E-state index is -0.452. The number of primary amides is 1. The maximum Gasteiger partial charge on any atom is 0.249 e. The van der Waals surface area contributed by atoms with Crippen molar-refractivity contribution >= 4 is 28.3 Å². The molecule has 2 aromatic carbocycles. The fourth-order valence-corrected chi connectivity index (χ4v) is 4.26. The number of anilines is 2. The van der Waals surface area contributed by atoms with Crippen molar-refractivity contribution in [3.05, 3.63) is 77.6 Å². The zero-order valence-corrected chi connectivity index (χ0v) is 18.5. The summed E-state index contributed by atoms with van der Waals surface area (Å²) in [6.07, 6.45) is 1.87. The standard InChI is InChI=1S/C25H26N6O2/c1-17-14-20-19(23(26)32)8-5-9-21(20)31(17)25-28-16-22(30-10-12-33-13-11-30)24(29-25)27-15-18-6-3-2-4-7-18/h2-9,14,16H,10-13,15H2,1H3,(H2,26,32)(H,27,28,29). The van der Waals surface area contributed by atoms with E-state index in [1.54, 1.807) is 6.07 Å². The highest BCUT2D eigenvalue weighted by Crippen LogP contribution is 2.29. The van der Waals surface area contributed by atoms with Gasteiger partial charge in [0.15, 0.2) is 5.82 Å². The van der Waals surface area contributed by atoms with Crippen molar-refractivity contribution in [3.8, 4) is 5.95 Å². The summed E-state index contributed by atoms with van der Waals surface area (Å²) in [7, 11) is 0. The van der Waals surface area contributed by atoms with Crippen molar-refractivity contribution < 1.29 is 9.53 Å². The van der Waals surface area contributed by atoms with Gasteiger partial charge in [0.25, 0.3) is 0 Å². The molecule has 0 unspecified atom stereocenters. The molecule has 4 aromatic rings. The number of hydrogen-bond donors (Lipinski definition) is 2. The number of morpholine rings is 1. The molecule has 0 spiro atoms. The van der Waals surface area contributed by atoms with Crippen LogP contribution in [0.2, 0.25) is 0 Å². The van der Waals surface area contributed by atoms with E-state index < -0.39 is 5.91 Å². The van der Waals surface area contributed by atoms with Crippen LogP contribution < -0.4 is 16.0 Å². The number of aromatic nitrogens is 3. The molecule has 1 saturated heterocycles. The second-order valence-electron chi connectivity index (χ2n) is 8.07. The lowest BCUT2D eigenvalue weighted by atomic mass is 10.1. The molecule has 0 radical (unpaired) electrons. The Hall–Kier alpha value is -3.91. The average molecular weight is 443 g/mol. The number of nitrogens with two attached hydrogens (primary N) is 1. The third kappa shape index (κ3) is 4.12. The predicted octanol–water partition coefficient (Wildman–Crippen LogP) is 3.28. The van der Waals surface area contributed by atoms with E-state index in [4.69, 9.17) is 20.4 Å². The van der Waals surface area contributed by atoms with Gasteiger partial charge in [0.05, 0.1) is 30.6 Å². The van der Waals surface area contributed by atoms with Gasteiger partial charge in [-0.25, -0.2) is 4.98 Å². The van der Waals surface area contributed by atoms with Gasteiger partial charge in [0.1, 0.15) is 0 Å². The Morgan fingerprint density at radius 1 is 1.12 bits per heavy atom. The van der Waals surface area contributed by atoms with Crippen LogP contribution in [-0.4, -0.2) is 46.7 Å². The van der Waals surface area contributed by atoms with Crippen LogP contribution in [0.1, 0.15) is 21.6 Å². The first-order valence-electron chi connectivity index (χ1n) is 11.0. The Balaban J connectivity index is 1.58. The smallest absolute Gasteiger partial charge is 0.249 e. The molecule has 0 atom stereocenters. The van der Waals surface area contributed by atoms with Gasteiger partial charge in [-0.3, -0.25) is 9.36 Å². The van der Waals surface area contributed by atoms with Gasteiger partial charge < -0.3 is 20.7 Å². The normalized spacial score (nSPS) is 13.9. The molecule has 1 aliphatic heterocycles. The monoisotopic (exact) mass is 442 g/mol. The summed E-state index contributed by atoms with van der Waals surface area (Å²) in [4.78, 5) is 23.8. The van der Waals surface area contributed by atoms with E-state index >= 15 is 0 Å². The van der Waals surface area contributed by atoms with Crippen molar-refractivity contribution in [1.29, 1.82) is 0 Å². The maximum atomic E-state index is 11.9. The Labute approximate surface area is 192 Å². The summed E-state index contributed by atoms with van der Waals surface area (Å²) in [6.45, 7) is 5.55. The maximum absolute atomic E-state index is 11.9. The topological polar surface area (TPSA) is 98.3 Å². The number of amides is 1. The summed E-state index contributed by atoms with van der Waals surface area (Å²) in [5.74, 6) is 0.848.